The average molecular weight is 293 g/mol. The van der Waals surface area contributed by atoms with Crippen molar-refractivity contribution in [3.8, 4) is 0 Å². The van der Waals surface area contributed by atoms with E-state index in [9.17, 15) is 5.11 Å². The Balaban J connectivity index is 2.55. The lowest BCUT2D eigenvalue weighted by Gasteiger charge is -2.07. The Morgan fingerprint density at radius 2 is 2.20 bits per heavy atom. The molecule has 0 fully saturated rings. The Morgan fingerprint density at radius 3 is 2.90 bits per heavy atom. The van der Waals surface area contributed by atoms with Crippen LogP contribution in [0.5, 0.6) is 0 Å². The van der Waals surface area contributed by atoms with Crippen LogP contribution < -0.4 is 5.73 Å². The summed E-state index contributed by atoms with van der Waals surface area (Å²) >= 11 is 6.19. The number of benzene rings is 1. The molecule has 0 amide bonds. The number of nitrogen functional groups attached to an aromatic ring is 1. The molecule has 20 heavy (non-hydrogen) atoms. The van der Waals surface area contributed by atoms with Crippen LogP contribution in [0.1, 0.15) is 26.2 Å². The van der Waals surface area contributed by atoms with Gasteiger partial charge in [-0.15, -0.1) is 0 Å². The summed E-state index contributed by atoms with van der Waals surface area (Å²) in [5.41, 5.74) is 7.02. The van der Waals surface area contributed by atoms with E-state index >= 15 is 0 Å². The van der Waals surface area contributed by atoms with Crippen molar-refractivity contribution in [3.05, 3.63) is 23.2 Å². The number of aliphatic hydroxyl groups excluding tert-OH is 1. The molecule has 5 nitrogen and oxygen atoms in total. The number of aromatic nitrogens is 2. The van der Waals surface area contributed by atoms with Gasteiger partial charge in [-0.2, -0.15) is 4.98 Å². The largest absolute Gasteiger partial charge is 0.390 e. The molecule has 0 saturated heterocycles. The summed E-state index contributed by atoms with van der Waals surface area (Å²) in [5.74, 6) is 0.560. The van der Waals surface area contributed by atoms with Gasteiger partial charge in [0.05, 0.1) is 22.5 Å². The highest BCUT2D eigenvalue weighted by molar-refractivity contribution is 6.36. The second-order valence-corrected chi connectivity index (χ2v) is 4.89. The summed E-state index contributed by atoms with van der Waals surface area (Å²) in [7, 11) is 0. The lowest BCUT2D eigenvalue weighted by Crippen LogP contribution is -2.05. The third-order valence-corrected chi connectivity index (χ3v) is 3.25. The minimum Gasteiger partial charge on any atom is -0.390 e. The Hall–Kier alpha value is -1.72. The highest BCUT2D eigenvalue weighted by Gasteiger charge is 2.10. The molecule has 0 saturated carbocycles. The number of nitrogens with two attached hydrogens (primary N) is 1. The molecule has 6 heteroatoms. The van der Waals surface area contributed by atoms with Crippen LogP contribution in [0, 0.1) is 0 Å². The van der Waals surface area contributed by atoms with Gasteiger partial charge in [0.15, 0.2) is 5.82 Å². The van der Waals surface area contributed by atoms with Crippen LogP contribution >= 0.6 is 11.6 Å². The number of anilines is 1. The summed E-state index contributed by atoms with van der Waals surface area (Å²) in [4.78, 5) is 12.7. The van der Waals surface area contributed by atoms with Gasteiger partial charge in [0, 0.05) is 5.71 Å². The van der Waals surface area contributed by atoms with Crippen molar-refractivity contribution in [2.75, 3.05) is 12.3 Å². The Morgan fingerprint density at radius 1 is 1.40 bits per heavy atom. The summed E-state index contributed by atoms with van der Waals surface area (Å²) in [6, 6.07) is 5.37. The fraction of sp³-hybridized carbons (Fsp3) is 0.357. The summed E-state index contributed by atoms with van der Waals surface area (Å²) in [5, 5.41) is 10.6. The van der Waals surface area contributed by atoms with E-state index in [0.717, 1.165) is 19.3 Å². The number of halogens is 1. The molecule has 1 aromatic carbocycles. The number of fused-ring (bicyclic) bond motifs is 1. The fourth-order valence-electron chi connectivity index (χ4n) is 1.92. The molecule has 0 radical (unpaired) electrons. The maximum absolute atomic E-state index is 9.39. The summed E-state index contributed by atoms with van der Waals surface area (Å²) in [6.07, 6.45) is 2.72. The minimum atomic E-state index is -0.101. The van der Waals surface area contributed by atoms with E-state index < -0.39 is 0 Å². The van der Waals surface area contributed by atoms with Gasteiger partial charge < -0.3 is 10.8 Å². The zero-order chi connectivity index (χ0) is 14.5. The molecule has 2 aromatic rings. The molecular formula is C14H17ClN4O. The van der Waals surface area contributed by atoms with Crippen LogP contribution in [-0.4, -0.2) is 27.4 Å². The topological polar surface area (TPSA) is 84.4 Å². The van der Waals surface area contributed by atoms with Gasteiger partial charge in [-0.3, -0.25) is 0 Å². The molecule has 0 aliphatic heterocycles. The lowest BCUT2D eigenvalue weighted by atomic mass is 10.2. The van der Waals surface area contributed by atoms with Crippen molar-refractivity contribution >= 4 is 40.0 Å². The molecular weight excluding hydrogens is 276 g/mol. The lowest BCUT2D eigenvalue weighted by molar-refractivity contribution is 0.354. The first-order chi connectivity index (χ1) is 9.65. The van der Waals surface area contributed by atoms with E-state index in [2.05, 4.69) is 21.9 Å². The quantitative estimate of drug-likeness (QED) is 0.829. The van der Waals surface area contributed by atoms with Gasteiger partial charge in [-0.05, 0) is 25.0 Å². The number of aliphatic hydroxyl groups is 1. The van der Waals surface area contributed by atoms with Crippen molar-refractivity contribution in [3.63, 3.8) is 0 Å². The Bertz CT molecular complexity index is 642. The van der Waals surface area contributed by atoms with Gasteiger partial charge in [0.25, 0.3) is 0 Å². The molecule has 106 valence electrons. The number of hydrogen-bond acceptors (Lipinski definition) is 5. The maximum Gasteiger partial charge on any atom is 0.222 e. The number of rotatable bonds is 5. The van der Waals surface area contributed by atoms with E-state index in [1.54, 1.807) is 12.1 Å². The standard InChI is InChI=1S/C14H17ClN4O/c1-2-3-5-9(8-20)17-13-12-10(15)6-4-7-11(12)18-14(16)19-13/h4,6-7,20H,2-3,5,8H2,1H3,(H2,16,18,19). The molecule has 0 unspecified atom stereocenters. The summed E-state index contributed by atoms with van der Waals surface area (Å²) < 4.78 is 0. The van der Waals surface area contributed by atoms with Crippen LogP contribution in [0.15, 0.2) is 23.2 Å². The summed E-state index contributed by atoms with van der Waals surface area (Å²) in [6.45, 7) is 1.99. The van der Waals surface area contributed by atoms with Crippen molar-refractivity contribution in [2.24, 2.45) is 4.99 Å². The minimum absolute atomic E-state index is 0.101. The molecule has 1 aromatic heterocycles. The van der Waals surface area contributed by atoms with Gasteiger partial charge >= 0.3 is 0 Å². The average Bonchev–Trinajstić information content (AvgIpc) is 2.42. The van der Waals surface area contributed by atoms with E-state index in [1.165, 1.54) is 0 Å². The van der Waals surface area contributed by atoms with Crippen LogP contribution in [0.4, 0.5) is 11.8 Å². The number of nitrogens with zero attached hydrogens (tertiary/aromatic N) is 3. The highest BCUT2D eigenvalue weighted by Crippen LogP contribution is 2.30. The van der Waals surface area contributed by atoms with Gasteiger partial charge in [-0.25, -0.2) is 9.98 Å². The molecule has 0 bridgehead atoms. The maximum atomic E-state index is 9.39. The molecule has 1 heterocycles. The number of unbranched alkanes of at least 4 members (excludes halogenated alkanes) is 1. The van der Waals surface area contributed by atoms with E-state index in [-0.39, 0.29) is 12.6 Å². The highest BCUT2D eigenvalue weighted by atomic mass is 35.5. The zero-order valence-corrected chi connectivity index (χ0v) is 12.1. The second kappa shape index (κ2) is 6.63. The van der Waals surface area contributed by atoms with Crippen molar-refractivity contribution in [1.82, 2.24) is 9.97 Å². The number of aliphatic imine (C=N–C) groups is 1. The van der Waals surface area contributed by atoms with Gasteiger partial charge in [0.2, 0.25) is 5.95 Å². The third kappa shape index (κ3) is 3.23. The molecule has 2 rings (SSSR count). The second-order valence-electron chi connectivity index (χ2n) is 4.48. The monoisotopic (exact) mass is 292 g/mol. The van der Waals surface area contributed by atoms with Crippen molar-refractivity contribution in [2.45, 2.75) is 26.2 Å². The van der Waals surface area contributed by atoms with Crippen LogP contribution in [-0.2, 0) is 0 Å². The molecule has 0 atom stereocenters. The predicted octanol–water partition coefficient (Wildman–Crippen LogP) is 3.12. The first-order valence-electron chi connectivity index (χ1n) is 6.54. The molecule has 3 N–H and O–H groups in total. The SMILES string of the molecule is CCCCC(CO)=Nc1nc(N)nc2cccc(Cl)c12. The predicted molar refractivity (Wildman–Crippen MR) is 82.7 cm³/mol. The Kier molecular flexibility index (Phi) is 4.87. The number of hydrogen-bond donors (Lipinski definition) is 2. The molecule has 0 aliphatic rings. The first kappa shape index (κ1) is 14.7. The van der Waals surface area contributed by atoms with Gasteiger partial charge in [-0.1, -0.05) is 31.0 Å². The normalized spacial score (nSPS) is 12.1. The smallest absolute Gasteiger partial charge is 0.222 e. The van der Waals surface area contributed by atoms with Crippen LogP contribution in [0.3, 0.4) is 0 Å². The van der Waals surface area contributed by atoms with E-state index in [1.807, 2.05) is 6.07 Å². The fourth-order valence-corrected chi connectivity index (χ4v) is 2.18. The zero-order valence-electron chi connectivity index (χ0n) is 11.3. The van der Waals surface area contributed by atoms with Crippen molar-refractivity contribution in [1.29, 1.82) is 0 Å². The third-order valence-electron chi connectivity index (χ3n) is 2.94. The van der Waals surface area contributed by atoms with Gasteiger partial charge in [0.1, 0.15) is 0 Å². The van der Waals surface area contributed by atoms with Crippen LogP contribution in [0.2, 0.25) is 5.02 Å². The molecule has 0 aliphatic carbocycles. The molecule has 0 spiro atoms. The van der Waals surface area contributed by atoms with E-state index in [0.29, 0.717) is 27.5 Å². The first-order valence-corrected chi connectivity index (χ1v) is 6.92. The van der Waals surface area contributed by atoms with Crippen LogP contribution in [0.25, 0.3) is 10.9 Å². The van der Waals surface area contributed by atoms with Crippen molar-refractivity contribution < 1.29 is 5.11 Å². The van der Waals surface area contributed by atoms with E-state index in [4.69, 9.17) is 17.3 Å². The Labute approximate surface area is 122 Å².